The number of nitrogens with zero attached hydrogens (tertiary/aromatic N) is 2. The van der Waals surface area contributed by atoms with E-state index in [1.54, 1.807) is 0 Å². The summed E-state index contributed by atoms with van der Waals surface area (Å²) in [4.78, 5) is 16.2. The highest BCUT2D eigenvalue weighted by atomic mass is 16.5. The molecule has 1 heterocycles. The van der Waals surface area contributed by atoms with E-state index in [-0.39, 0.29) is 5.91 Å². The summed E-state index contributed by atoms with van der Waals surface area (Å²) in [6.07, 6.45) is 4.02. The average molecular weight is 254 g/mol. The number of carbonyl (C=O) groups excluding carboxylic acids is 1. The Hall–Kier alpha value is -0.610. The first-order valence-corrected chi connectivity index (χ1v) is 7.19. The molecule has 0 N–H and O–H groups in total. The normalized spacial score (nSPS) is 28.9. The summed E-state index contributed by atoms with van der Waals surface area (Å²) in [6, 6.07) is 0. The fourth-order valence-electron chi connectivity index (χ4n) is 3.14. The van der Waals surface area contributed by atoms with E-state index >= 15 is 0 Å². The Labute approximate surface area is 110 Å². The van der Waals surface area contributed by atoms with Crippen molar-refractivity contribution in [2.45, 2.75) is 26.2 Å². The van der Waals surface area contributed by atoms with E-state index in [4.69, 9.17) is 4.74 Å². The van der Waals surface area contributed by atoms with Gasteiger partial charge in [-0.2, -0.15) is 0 Å². The molecule has 0 radical (unpaired) electrons. The van der Waals surface area contributed by atoms with Crippen molar-refractivity contribution < 1.29 is 9.53 Å². The number of carbonyl (C=O) groups is 1. The minimum Gasteiger partial charge on any atom is -0.378 e. The highest BCUT2D eigenvalue weighted by Gasteiger charge is 2.24. The molecule has 4 heteroatoms. The molecule has 0 aromatic rings. The van der Waals surface area contributed by atoms with Crippen LogP contribution < -0.4 is 0 Å². The zero-order valence-electron chi connectivity index (χ0n) is 11.7. The lowest BCUT2D eigenvalue weighted by molar-refractivity contribution is -0.136. The molecule has 0 aromatic carbocycles. The lowest BCUT2D eigenvalue weighted by atomic mass is 10.1. The van der Waals surface area contributed by atoms with Crippen molar-refractivity contribution in [2.75, 3.05) is 46.4 Å². The second kappa shape index (κ2) is 6.53. The van der Waals surface area contributed by atoms with Crippen LogP contribution in [0.2, 0.25) is 0 Å². The van der Waals surface area contributed by atoms with Gasteiger partial charge in [0.25, 0.3) is 0 Å². The molecule has 2 rings (SSSR count). The second-order valence-electron chi connectivity index (χ2n) is 5.97. The fourth-order valence-corrected chi connectivity index (χ4v) is 3.14. The average Bonchev–Trinajstić information content (AvgIpc) is 2.75. The van der Waals surface area contributed by atoms with E-state index in [0.29, 0.717) is 19.8 Å². The van der Waals surface area contributed by atoms with Gasteiger partial charge in [0, 0.05) is 19.6 Å². The number of ether oxygens (including phenoxy) is 1. The quantitative estimate of drug-likeness (QED) is 0.756. The van der Waals surface area contributed by atoms with Crippen LogP contribution >= 0.6 is 0 Å². The van der Waals surface area contributed by atoms with Gasteiger partial charge in [0.2, 0.25) is 5.91 Å². The van der Waals surface area contributed by atoms with Crippen molar-refractivity contribution in [1.82, 2.24) is 9.80 Å². The molecule has 0 unspecified atom stereocenters. The van der Waals surface area contributed by atoms with Gasteiger partial charge in [-0.3, -0.25) is 9.69 Å². The third-order valence-corrected chi connectivity index (χ3v) is 4.14. The molecular weight excluding hydrogens is 228 g/mol. The van der Waals surface area contributed by atoms with Crippen LogP contribution in [0.5, 0.6) is 0 Å². The molecule has 2 atom stereocenters. The Morgan fingerprint density at radius 1 is 1.33 bits per heavy atom. The summed E-state index contributed by atoms with van der Waals surface area (Å²) in [5, 5.41) is 0. The summed E-state index contributed by atoms with van der Waals surface area (Å²) in [5.41, 5.74) is 0. The lowest BCUT2D eigenvalue weighted by Gasteiger charge is -2.29. The van der Waals surface area contributed by atoms with Crippen molar-refractivity contribution >= 4 is 5.91 Å². The lowest BCUT2D eigenvalue weighted by Crippen LogP contribution is -2.45. The molecule has 1 saturated carbocycles. The smallest absolute Gasteiger partial charge is 0.236 e. The minimum absolute atomic E-state index is 0.256. The fraction of sp³-hybridized carbons (Fsp3) is 0.929. The summed E-state index contributed by atoms with van der Waals surface area (Å²) in [5.74, 6) is 1.92. The Balaban J connectivity index is 1.69. The third kappa shape index (κ3) is 3.95. The number of hydrogen-bond donors (Lipinski definition) is 0. The van der Waals surface area contributed by atoms with Crippen LogP contribution in [0.25, 0.3) is 0 Å². The Bertz CT molecular complexity index is 277. The molecule has 0 aromatic heterocycles. The second-order valence-corrected chi connectivity index (χ2v) is 5.97. The summed E-state index contributed by atoms with van der Waals surface area (Å²) < 4.78 is 5.27. The van der Waals surface area contributed by atoms with Crippen LogP contribution in [0.15, 0.2) is 0 Å². The van der Waals surface area contributed by atoms with E-state index < -0.39 is 0 Å². The van der Waals surface area contributed by atoms with Crippen LogP contribution in [0.4, 0.5) is 0 Å². The van der Waals surface area contributed by atoms with Gasteiger partial charge in [-0.15, -0.1) is 0 Å². The van der Waals surface area contributed by atoms with Gasteiger partial charge in [-0.25, -0.2) is 0 Å². The highest BCUT2D eigenvalue weighted by Crippen LogP contribution is 2.30. The molecule has 4 nitrogen and oxygen atoms in total. The van der Waals surface area contributed by atoms with Crippen molar-refractivity contribution in [1.29, 1.82) is 0 Å². The molecule has 1 aliphatic heterocycles. The van der Waals surface area contributed by atoms with Crippen molar-refractivity contribution in [3.05, 3.63) is 0 Å². The first kappa shape index (κ1) is 13.8. The number of rotatable bonds is 4. The highest BCUT2D eigenvalue weighted by molar-refractivity contribution is 5.78. The number of hydrogen-bond acceptors (Lipinski definition) is 3. The van der Waals surface area contributed by atoms with E-state index in [1.807, 2.05) is 4.90 Å². The first-order valence-electron chi connectivity index (χ1n) is 7.19. The molecule has 1 amide bonds. The minimum atomic E-state index is 0.256. The maximum absolute atomic E-state index is 12.1. The zero-order chi connectivity index (χ0) is 13.0. The Morgan fingerprint density at radius 3 is 2.67 bits per heavy atom. The summed E-state index contributed by atoms with van der Waals surface area (Å²) >= 11 is 0. The Kier molecular flexibility index (Phi) is 5.01. The molecular formula is C14H26N2O2. The molecule has 0 bridgehead atoms. The van der Waals surface area contributed by atoms with Gasteiger partial charge >= 0.3 is 0 Å². The predicted molar refractivity (Wildman–Crippen MR) is 71.4 cm³/mol. The van der Waals surface area contributed by atoms with E-state index in [1.165, 1.54) is 19.3 Å². The van der Waals surface area contributed by atoms with Gasteiger partial charge in [0.15, 0.2) is 0 Å². The maximum Gasteiger partial charge on any atom is 0.236 e. The van der Waals surface area contributed by atoms with Gasteiger partial charge in [0.05, 0.1) is 19.8 Å². The summed E-state index contributed by atoms with van der Waals surface area (Å²) in [6.45, 7) is 6.86. The largest absolute Gasteiger partial charge is 0.378 e. The molecule has 1 aliphatic carbocycles. The summed E-state index contributed by atoms with van der Waals surface area (Å²) in [7, 11) is 2.07. The van der Waals surface area contributed by atoms with Gasteiger partial charge < -0.3 is 9.64 Å². The van der Waals surface area contributed by atoms with E-state index in [9.17, 15) is 4.79 Å². The topological polar surface area (TPSA) is 32.8 Å². The predicted octanol–water partition coefficient (Wildman–Crippen LogP) is 1.21. The monoisotopic (exact) mass is 254 g/mol. The van der Waals surface area contributed by atoms with E-state index in [0.717, 1.165) is 31.5 Å². The number of likely N-dealkylation sites (N-methyl/N-ethyl adjacent to an activating group) is 1. The van der Waals surface area contributed by atoms with E-state index in [2.05, 4.69) is 18.9 Å². The SMILES string of the molecule is C[C@@H]1CC[C@@H](CN(C)CC(=O)N2CCOCC2)C1. The molecule has 18 heavy (non-hydrogen) atoms. The van der Waals surface area contributed by atoms with Crippen LogP contribution in [0.3, 0.4) is 0 Å². The number of amides is 1. The molecule has 2 aliphatic rings. The standard InChI is InChI=1S/C14H26N2O2/c1-12-3-4-13(9-12)10-15(2)11-14(17)16-5-7-18-8-6-16/h12-13H,3-11H2,1-2H3/t12-,13-/m1/s1. The van der Waals surface area contributed by atoms with Crippen LogP contribution in [0, 0.1) is 11.8 Å². The zero-order valence-corrected chi connectivity index (χ0v) is 11.7. The molecule has 0 spiro atoms. The molecule has 104 valence electrons. The van der Waals surface area contributed by atoms with Crippen LogP contribution in [-0.4, -0.2) is 62.1 Å². The molecule has 2 fully saturated rings. The van der Waals surface area contributed by atoms with Crippen molar-refractivity contribution in [3.63, 3.8) is 0 Å². The van der Waals surface area contributed by atoms with Gasteiger partial charge in [0.1, 0.15) is 0 Å². The molecule has 1 saturated heterocycles. The van der Waals surface area contributed by atoms with Gasteiger partial charge in [-0.05, 0) is 31.7 Å². The first-order chi connectivity index (χ1) is 8.65. The van der Waals surface area contributed by atoms with Crippen LogP contribution in [-0.2, 0) is 9.53 Å². The van der Waals surface area contributed by atoms with Crippen LogP contribution in [0.1, 0.15) is 26.2 Å². The van der Waals surface area contributed by atoms with Crippen molar-refractivity contribution in [2.24, 2.45) is 11.8 Å². The van der Waals surface area contributed by atoms with Crippen molar-refractivity contribution in [3.8, 4) is 0 Å². The Morgan fingerprint density at radius 2 is 2.06 bits per heavy atom. The van der Waals surface area contributed by atoms with Gasteiger partial charge in [-0.1, -0.05) is 13.3 Å². The number of morpholine rings is 1. The third-order valence-electron chi connectivity index (χ3n) is 4.14. The maximum atomic E-state index is 12.1.